The minimum absolute atomic E-state index is 0.337. The largest absolute Gasteiger partial charge is 0.481 e. The van der Waals surface area contributed by atoms with Gasteiger partial charge in [-0.3, -0.25) is 4.79 Å². The van der Waals surface area contributed by atoms with Crippen molar-refractivity contribution in [2.75, 3.05) is 26.9 Å². The van der Waals surface area contributed by atoms with Crippen LogP contribution in [0.2, 0.25) is 0 Å². The molecule has 0 radical (unpaired) electrons. The number of hydrogen-bond donors (Lipinski definition) is 3. The second-order valence-corrected chi connectivity index (χ2v) is 4.93. The van der Waals surface area contributed by atoms with E-state index >= 15 is 0 Å². The van der Waals surface area contributed by atoms with E-state index in [1.54, 1.807) is 21.0 Å². The van der Waals surface area contributed by atoms with E-state index in [2.05, 4.69) is 10.6 Å². The van der Waals surface area contributed by atoms with E-state index in [4.69, 9.17) is 14.6 Å². The van der Waals surface area contributed by atoms with Crippen molar-refractivity contribution in [2.24, 2.45) is 5.92 Å². The van der Waals surface area contributed by atoms with E-state index in [0.29, 0.717) is 19.8 Å². The molecule has 1 heterocycles. The molecule has 0 bridgehead atoms. The number of carboxylic acid groups (broad SMARTS) is 1. The van der Waals surface area contributed by atoms with Crippen molar-refractivity contribution in [2.45, 2.75) is 31.9 Å². The maximum Gasteiger partial charge on any atom is 0.315 e. The normalized spacial score (nSPS) is 25.6. The lowest BCUT2D eigenvalue weighted by molar-refractivity contribution is -0.141. The molecule has 1 aliphatic heterocycles. The number of amides is 2. The van der Waals surface area contributed by atoms with Gasteiger partial charge in [-0.15, -0.1) is 0 Å². The van der Waals surface area contributed by atoms with Gasteiger partial charge in [-0.2, -0.15) is 0 Å². The molecule has 7 heteroatoms. The first-order valence-corrected chi connectivity index (χ1v) is 6.30. The summed E-state index contributed by atoms with van der Waals surface area (Å²) in [6.45, 7) is 4.61. The van der Waals surface area contributed by atoms with Crippen molar-refractivity contribution >= 4 is 12.0 Å². The smallest absolute Gasteiger partial charge is 0.315 e. The van der Waals surface area contributed by atoms with Gasteiger partial charge in [-0.05, 0) is 13.8 Å². The molecule has 0 aromatic carbocycles. The Morgan fingerprint density at radius 3 is 2.63 bits per heavy atom. The Labute approximate surface area is 112 Å². The molecule has 2 amide bonds. The van der Waals surface area contributed by atoms with Gasteiger partial charge in [0.15, 0.2) is 0 Å². The maximum absolute atomic E-state index is 11.7. The Hall–Kier alpha value is -1.34. The molecule has 3 unspecified atom stereocenters. The zero-order valence-corrected chi connectivity index (χ0v) is 11.6. The summed E-state index contributed by atoms with van der Waals surface area (Å²) in [5.41, 5.74) is -0.473. The topological polar surface area (TPSA) is 96.9 Å². The second-order valence-electron chi connectivity index (χ2n) is 4.93. The zero-order valence-electron chi connectivity index (χ0n) is 11.6. The van der Waals surface area contributed by atoms with Crippen LogP contribution in [0.1, 0.15) is 20.3 Å². The lowest BCUT2D eigenvalue weighted by Crippen LogP contribution is -2.51. The van der Waals surface area contributed by atoms with Crippen LogP contribution in [-0.2, 0) is 14.3 Å². The number of carboxylic acids is 1. The van der Waals surface area contributed by atoms with Crippen LogP contribution in [0, 0.1) is 5.92 Å². The van der Waals surface area contributed by atoms with Gasteiger partial charge in [0.25, 0.3) is 0 Å². The van der Waals surface area contributed by atoms with Crippen molar-refractivity contribution in [1.29, 1.82) is 0 Å². The van der Waals surface area contributed by atoms with E-state index in [9.17, 15) is 9.59 Å². The number of urea groups is 1. The molecule has 1 saturated heterocycles. The first kappa shape index (κ1) is 15.7. The standard InChI is InChI=1S/C12H22N2O5/c1-8(10(15)16)9(2)14-11(17)13-6-12(18-3)4-5-19-7-12/h8-9H,4-7H2,1-3H3,(H,15,16)(H2,13,14,17). The quantitative estimate of drug-likeness (QED) is 0.643. The SMILES string of the molecule is COC1(CNC(=O)NC(C)C(C)C(=O)O)CCOC1. The third-order valence-electron chi connectivity index (χ3n) is 3.57. The number of nitrogens with one attached hydrogen (secondary N) is 2. The maximum atomic E-state index is 11.7. The van der Waals surface area contributed by atoms with Crippen molar-refractivity contribution < 1.29 is 24.2 Å². The van der Waals surface area contributed by atoms with Gasteiger partial charge in [0.05, 0.1) is 19.1 Å². The summed E-state index contributed by atoms with van der Waals surface area (Å²) < 4.78 is 10.6. The predicted octanol–water partition coefficient (Wildman–Crippen LogP) is 0.200. The number of rotatable bonds is 6. The fraction of sp³-hybridized carbons (Fsp3) is 0.833. The van der Waals surface area contributed by atoms with E-state index < -0.39 is 29.6 Å². The van der Waals surface area contributed by atoms with Crippen LogP contribution in [0.25, 0.3) is 0 Å². The summed E-state index contributed by atoms with van der Waals surface area (Å²) in [5.74, 6) is -1.58. The molecule has 19 heavy (non-hydrogen) atoms. The lowest BCUT2D eigenvalue weighted by atomic mass is 10.0. The van der Waals surface area contributed by atoms with Gasteiger partial charge in [0.1, 0.15) is 5.60 Å². The molecule has 7 nitrogen and oxygen atoms in total. The van der Waals surface area contributed by atoms with Crippen molar-refractivity contribution in [3.05, 3.63) is 0 Å². The highest BCUT2D eigenvalue weighted by atomic mass is 16.5. The number of carbonyl (C=O) groups excluding carboxylic acids is 1. The highest BCUT2D eigenvalue weighted by Gasteiger charge is 2.35. The zero-order chi connectivity index (χ0) is 14.5. The summed E-state index contributed by atoms with van der Waals surface area (Å²) in [7, 11) is 1.59. The van der Waals surface area contributed by atoms with Crippen molar-refractivity contribution in [3.8, 4) is 0 Å². The summed E-state index contributed by atoms with van der Waals surface area (Å²) in [5, 5.41) is 14.1. The Balaban J connectivity index is 2.37. The molecule has 1 rings (SSSR count). The van der Waals surface area contributed by atoms with E-state index in [0.717, 1.165) is 6.42 Å². The first-order chi connectivity index (χ1) is 8.90. The summed E-state index contributed by atoms with van der Waals surface area (Å²) >= 11 is 0. The number of ether oxygens (including phenoxy) is 2. The summed E-state index contributed by atoms with van der Waals surface area (Å²) in [6.07, 6.45) is 0.727. The molecule has 0 aromatic rings. The van der Waals surface area contributed by atoms with Crippen LogP contribution >= 0.6 is 0 Å². The first-order valence-electron chi connectivity index (χ1n) is 6.30. The molecular formula is C12H22N2O5. The second kappa shape index (κ2) is 6.72. The van der Waals surface area contributed by atoms with Gasteiger partial charge < -0.3 is 25.2 Å². The Bertz CT molecular complexity index is 328. The molecule has 1 aliphatic rings. The van der Waals surface area contributed by atoms with E-state index in [1.165, 1.54) is 0 Å². The van der Waals surface area contributed by atoms with Crippen LogP contribution in [0.5, 0.6) is 0 Å². The minimum atomic E-state index is -0.939. The van der Waals surface area contributed by atoms with Gasteiger partial charge in [0, 0.05) is 26.2 Å². The number of aliphatic carboxylic acids is 1. The van der Waals surface area contributed by atoms with E-state index in [-0.39, 0.29) is 0 Å². The highest BCUT2D eigenvalue weighted by molar-refractivity contribution is 5.76. The molecule has 110 valence electrons. The molecule has 3 N–H and O–H groups in total. The van der Waals surface area contributed by atoms with Gasteiger partial charge in [0.2, 0.25) is 0 Å². The Kier molecular flexibility index (Phi) is 5.56. The van der Waals surface area contributed by atoms with Crippen molar-refractivity contribution in [3.63, 3.8) is 0 Å². The van der Waals surface area contributed by atoms with Gasteiger partial charge in [-0.1, -0.05) is 0 Å². The fourth-order valence-corrected chi connectivity index (χ4v) is 1.80. The minimum Gasteiger partial charge on any atom is -0.481 e. The number of hydrogen-bond acceptors (Lipinski definition) is 4. The van der Waals surface area contributed by atoms with Crippen LogP contribution < -0.4 is 10.6 Å². The van der Waals surface area contributed by atoms with Gasteiger partial charge >= 0.3 is 12.0 Å². The average Bonchev–Trinajstić information content (AvgIpc) is 2.84. The third-order valence-corrected chi connectivity index (χ3v) is 3.57. The Morgan fingerprint density at radius 1 is 1.47 bits per heavy atom. The fourth-order valence-electron chi connectivity index (χ4n) is 1.80. The Morgan fingerprint density at radius 2 is 2.16 bits per heavy atom. The number of methoxy groups -OCH3 is 1. The lowest BCUT2D eigenvalue weighted by Gasteiger charge is -2.26. The monoisotopic (exact) mass is 274 g/mol. The van der Waals surface area contributed by atoms with Crippen LogP contribution in [0.4, 0.5) is 4.79 Å². The van der Waals surface area contributed by atoms with Crippen LogP contribution in [-0.4, -0.2) is 55.6 Å². The molecule has 0 saturated carbocycles. The molecular weight excluding hydrogens is 252 g/mol. The van der Waals surface area contributed by atoms with Gasteiger partial charge in [-0.25, -0.2) is 4.79 Å². The van der Waals surface area contributed by atoms with Crippen LogP contribution in [0.3, 0.4) is 0 Å². The molecule has 0 aromatic heterocycles. The third kappa shape index (κ3) is 4.36. The molecule has 1 fully saturated rings. The summed E-state index contributed by atoms with van der Waals surface area (Å²) in [4.78, 5) is 22.5. The predicted molar refractivity (Wildman–Crippen MR) is 68.0 cm³/mol. The van der Waals surface area contributed by atoms with E-state index in [1.807, 2.05) is 0 Å². The summed E-state index contributed by atoms with van der Waals surface area (Å²) in [6, 6.07) is -0.847. The molecule has 0 spiro atoms. The van der Waals surface area contributed by atoms with Crippen molar-refractivity contribution in [1.82, 2.24) is 10.6 Å². The average molecular weight is 274 g/mol. The number of carbonyl (C=O) groups is 2. The highest BCUT2D eigenvalue weighted by Crippen LogP contribution is 2.21. The molecule has 3 atom stereocenters. The van der Waals surface area contributed by atoms with Crippen LogP contribution in [0.15, 0.2) is 0 Å². The molecule has 0 aliphatic carbocycles.